The first kappa shape index (κ1) is 22.8. The number of ether oxygens (including phenoxy) is 3. The topological polar surface area (TPSA) is 44.8 Å². The van der Waals surface area contributed by atoms with Crippen molar-refractivity contribution < 1.29 is 19.0 Å². The molecule has 4 nitrogen and oxygen atoms in total. The number of carbonyl (C=O) groups is 1. The summed E-state index contributed by atoms with van der Waals surface area (Å²) < 4.78 is 18.3. The molecule has 160 valence electrons. The van der Waals surface area contributed by atoms with Gasteiger partial charge in [-0.1, -0.05) is 0 Å². The molecule has 0 spiro atoms. The van der Waals surface area contributed by atoms with Gasteiger partial charge in [0, 0.05) is 0 Å². The van der Waals surface area contributed by atoms with Crippen LogP contribution in [0.3, 0.4) is 0 Å². The van der Waals surface area contributed by atoms with Crippen LogP contribution in [0, 0.1) is 5.92 Å². The molecular formula is C22H28Cl2O4Te. The standard InChI is InChI=1S/C22H28Cl2O4Te/c1-3-27-22(25)20-14-18(28-21(20)13-16-7-5-4-6-8-16)15-29(23,24)19-11-9-17(26-2)10-12-19/h5,7,9-12,16,18H,3-4,6,8,13-15H2,1-2H3. The van der Waals surface area contributed by atoms with Gasteiger partial charge in [0.1, 0.15) is 0 Å². The van der Waals surface area contributed by atoms with Crippen LogP contribution in [0.5, 0.6) is 5.75 Å². The Morgan fingerprint density at radius 1 is 1.28 bits per heavy atom. The number of allylic oxidation sites excluding steroid dienone is 3. The predicted octanol–water partition coefficient (Wildman–Crippen LogP) is 5.17. The SMILES string of the molecule is CCOC(=O)C1=C(CC2C=CCCC2)OC(C[Te](Cl)(Cl)c2ccc(OC)cc2)C1. The molecule has 0 bridgehead atoms. The van der Waals surface area contributed by atoms with E-state index in [1.165, 1.54) is 6.42 Å². The second-order valence-electron chi connectivity index (χ2n) is 7.31. The van der Waals surface area contributed by atoms with Gasteiger partial charge in [-0.3, -0.25) is 0 Å². The number of benzene rings is 1. The molecule has 0 saturated carbocycles. The molecule has 0 fully saturated rings. The van der Waals surface area contributed by atoms with Crippen LogP contribution in [-0.2, 0) is 14.3 Å². The molecule has 1 aromatic rings. The molecule has 29 heavy (non-hydrogen) atoms. The Labute approximate surface area is 184 Å². The van der Waals surface area contributed by atoms with Crippen molar-refractivity contribution in [2.45, 2.75) is 49.6 Å². The fraction of sp³-hybridized carbons (Fsp3) is 0.500. The van der Waals surface area contributed by atoms with Gasteiger partial charge in [0.15, 0.2) is 0 Å². The van der Waals surface area contributed by atoms with Gasteiger partial charge in [0.25, 0.3) is 0 Å². The summed E-state index contributed by atoms with van der Waals surface area (Å²) in [5.74, 6) is 1.65. The average molecular weight is 555 g/mol. The third kappa shape index (κ3) is 6.07. The van der Waals surface area contributed by atoms with Crippen LogP contribution in [0.25, 0.3) is 0 Å². The summed E-state index contributed by atoms with van der Waals surface area (Å²) in [6.45, 7) is 2.17. The number of hydrogen-bond donors (Lipinski definition) is 0. The van der Waals surface area contributed by atoms with Crippen LogP contribution in [-0.4, -0.2) is 41.7 Å². The van der Waals surface area contributed by atoms with E-state index in [4.69, 9.17) is 32.1 Å². The Hall–Kier alpha value is -0.860. The zero-order valence-electron chi connectivity index (χ0n) is 16.9. The van der Waals surface area contributed by atoms with E-state index < -0.39 is 15.9 Å². The zero-order chi connectivity index (χ0) is 20.9. The van der Waals surface area contributed by atoms with Gasteiger partial charge in [-0.05, 0) is 0 Å². The van der Waals surface area contributed by atoms with E-state index in [1.807, 2.05) is 31.2 Å². The fourth-order valence-electron chi connectivity index (χ4n) is 3.73. The van der Waals surface area contributed by atoms with Crippen molar-refractivity contribution in [3.05, 3.63) is 47.7 Å². The van der Waals surface area contributed by atoms with Crippen LogP contribution in [0.4, 0.5) is 0 Å². The summed E-state index contributed by atoms with van der Waals surface area (Å²) in [4.78, 5) is 12.5. The summed E-state index contributed by atoms with van der Waals surface area (Å²) in [5, 5.41) is 0. The monoisotopic (exact) mass is 556 g/mol. The van der Waals surface area contributed by atoms with E-state index >= 15 is 0 Å². The Morgan fingerprint density at radius 3 is 2.66 bits per heavy atom. The Kier molecular flexibility index (Phi) is 8.22. The van der Waals surface area contributed by atoms with Gasteiger partial charge < -0.3 is 0 Å². The Balaban J connectivity index is 1.71. The van der Waals surface area contributed by atoms with Crippen molar-refractivity contribution in [2.75, 3.05) is 13.7 Å². The van der Waals surface area contributed by atoms with Gasteiger partial charge in [-0.25, -0.2) is 0 Å². The first-order valence-electron chi connectivity index (χ1n) is 9.99. The van der Waals surface area contributed by atoms with E-state index in [2.05, 4.69) is 12.2 Å². The molecule has 3 rings (SSSR count). The fourth-order valence-corrected chi connectivity index (χ4v) is 10.9. The maximum absolute atomic E-state index is 12.5. The van der Waals surface area contributed by atoms with Crippen LogP contribution in [0.15, 0.2) is 47.7 Å². The molecule has 2 unspecified atom stereocenters. The molecule has 2 aliphatic rings. The van der Waals surface area contributed by atoms with E-state index in [1.54, 1.807) is 7.11 Å². The first-order chi connectivity index (χ1) is 13.9. The molecule has 1 aliphatic carbocycles. The minimum absolute atomic E-state index is 0.185. The van der Waals surface area contributed by atoms with Crippen LogP contribution in [0.2, 0.25) is 4.47 Å². The molecule has 7 heteroatoms. The van der Waals surface area contributed by atoms with Crippen LogP contribution < -0.4 is 8.35 Å². The normalized spacial score (nSPS) is 22.3. The summed E-state index contributed by atoms with van der Waals surface area (Å²) in [6.07, 6.45) is 8.92. The van der Waals surface area contributed by atoms with Crippen LogP contribution in [0.1, 0.15) is 39.0 Å². The van der Waals surface area contributed by atoms with Crippen LogP contribution >= 0.6 is 17.9 Å². The molecule has 0 aromatic heterocycles. The molecule has 0 radical (unpaired) electrons. The average Bonchev–Trinajstić information content (AvgIpc) is 3.10. The number of halogens is 2. The minimum atomic E-state index is -3.38. The van der Waals surface area contributed by atoms with Gasteiger partial charge in [0.2, 0.25) is 0 Å². The van der Waals surface area contributed by atoms with Gasteiger partial charge in [-0.15, -0.1) is 0 Å². The number of rotatable bonds is 8. The molecule has 1 aromatic carbocycles. The van der Waals surface area contributed by atoms with E-state index in [0.717, 1.165) is 34.4 Å². The zero-order valence-corrected chi connectivity index (χ0v) is 20.7. The molecule has 0 N–H and O–H groups in total. The Morgan fingerprint density at radius 2 is 2.03 bits per heavy atom. The quantitative estimate of drug-likeness (QED) is 0.253. The summed E-state index contributed by atoms with van der Waals surface area (Å²) in [5.41, 5.74) is 0.650. The van der Waals surface area contributed by atoms with Crippen molar-refractivity contribution in [3.8, 4) is 5.75 Å². The van der Waals surface area contributed by atoms with Gasteiger partial charge in [0.05, 0.1) is 0 Å². The molecule has 2 atom stereocenters. The molecule has 1 aliphatic heterocycles. The summed E-state index contributed by atoms with van der Waals surface area (Å²) in [6, 6.07) is 7.61. The molecule has 0 saturated heterocycles. The van der Waals surface area contributed by atoms with Crippen molar-refractivity contribution in [3.63, 3.8) is 0 Å². The number of carbonyl (C=O) groups excluding carboxylic acids is 1. The second kappa shape index (κ2) is 10.4. The molecule has 1 heterocycles. The third-order valence-electron chi connectivity index (χ3n) is 5.20. The van der Waals surface area contributed by atoms with E-state index in [9.17, 15) is 4.79 Å². The van der Waals surface area contributed by atoms with Gasteiger partial charge in [-0.2, -0.15) is 0 Å². The number of methoxy groups -OCH3 is 1. The predicted molar refractivity (Wildman–Crippen MR) is 119 cm³/mol. The Bertz CT molecular complexity index is 774. The van der Waals surface area contributed by atoms with E-state index in [-0.39, 0.29) is 12.1 Å². The molecular weight excluding hydrogens is 527 g/mol. The van der Waals surface area contributed by atoms with Gasteiger partial charge >= 0.3 is 185 Å². The van der Waals surface area contributed by atoms with Crippen molar-refractivity contribution in [1.29, 1.82) is 0 Å². The number of hydrogen-bond acceptors (Lipinski definition) is 4. The first-order valence-corrected chi connectivity index (χ1v) is 18.7. The summed E-state index contributed by atoms with van der Waals surface area (Å²) >= 11 is -3.38. The maximum atomic E-state index is 12.5. The van der Waals surface area contributed by atoms with Crippen molar-refractivity contribution in [2.24, 2.45) is 5.92 Å². The molecule has 0 amide bonds. The summed E-state index contributed by atoms with van der Waals surface area (Å²) in [7, 11) is 15.3. The third-order valence-corrected chi connectivity index (χ3v) is 14.3. The number of esters is 1. The second-order valence-corrected chi connectivity index (χ2v) is 21.0. The van der Waals surface area contributed by atoms with Crippen molar-refractivity contribution >= 4 is 43.4 Å². The van der Waals surface area contributed by atoms with Crippen molar-refractivity contribution in [1.82, 2.24) is 0 Å². The van der Waals surface area contributed by atoms with E-state index in [0.29, 0.717) is 29.0 Å².